The molecule has 7 heteroatoms. The standard InChI is InChI=1S/C21H25F3N2O2/c22-21(23,24)17-6-11-20(27)26(16-17)18-7-9-19(10-8-18)28-15-5-4-14-25-12-2-1-3-13-25/h6-11,16H,1-5,12-15H2. The number of piperidine rings is 1. The van der Waals surface area contributed by atoms with Crippen LogP contribution in [0, 0.1) is 0 Å². The fraction of sp³-hybridized carbons (Fsp3) is 0.476. The molecule has 0 aliphatic carbocycles. The zero-order chi connectivity index (χ0) is 20.0. The monoisotopic (exact) mass is 394 g/mol. The first-order chi connectivity index (χ1) is 13.4. The largest absolute Gasteiger partial charge is 0.494 e. The molecule has 0 bridgehead atoms. The van der Waals surface area contributed by atoms with Gasteiger partial charge in [-0.25, -0.2) is 0 Å². The van der Waals surface area contributed by atoms with Crippen LogP contribution in [-0.4, -0.2) is 35.7 Å². The van der Waals surface area contributed by atoms with Gasteiger partial charge in [-0.2, -0.15) is 13.2 Å². The van der Waals surface area contributed by atoms with Gasteiger partial charge in [-0.15, -0.1) is 0 Å². The molecule has 4 nitrogen and oxygen atoms in total. The average Bonchev–Trinajstić information content (AvgIpc) is 2.69. The van der Waals surface area contributed by atoms with Crippen LogP contribution in [0.4, 0.5) is 13.2 Å². The second kappa shape index (κ2) is 9.28. The number of rotatable bonds is 7. The van der Waals surface area contributed by atoms with E-state index in [1.807, 2.05) is 0 Å². The molecular weight excluding hydrogens is 369 g/mol. The maximum atomic E-state index is 12.9. The molecule has 2 heterocycles. The molecule has 0 amide bonds. The Morgan fingerprint density at radius 2 is 1.64 bits per heavy atom. The lowest BCUT2D eigenvalue weighted by atomic mass is 10.1. The number of ether oxygens (including phenoxy) is 1. The third kappa shape index (κ3) is 5.61. The fourth-order valence-corrected chi connectivity index (χ4v) is 3.37. The summed E-state index contributed by atoms with van der Waals surface area (Å²) in [5.41, 5.74) is -1.01. The highest BCUT2D eigenvalue weighted by Gasteiger charge is 2.31. The van der Waals surface area contributed by atoms with Gasteiger partial charge in [0.2, 0.25) is 0 Å². The maximum absolute atomic E-state index is 12.9. The van der Waals surface area contributed by atoms with Crippen molar-refractivity contribution in [2.75, 3.05) is 26.2 Å². The molecule has 0 N–H and O–H groups in total. The summed E-state index contributed by atoms with van der Waals surface area (Å²) in [5.74, 6) is 0.641. The molecule has 0 spiro atoms. The van der Waals surface area contributed by atoms with Crippen molar-refractivity contribution in [3.8, 4) is 11.4 Å². The van der Waals surface area contributed by atoms with Crippen LogP contribution in [-0.2, 0) is 6.18 Å². The molecule has 1 fully saturated rings. The fourth-order valence-electron chi connectivity index (χ4n) is 3.37. The van der Waals surface area contributed by atoms with Crippen LogP contribution in [0.1, 0.15) is 37.7 Å². The van der Waals surface area contributed by atoms with E-state index in [-0.39, 0.29) is 0 Å². The van der Waals surface area contributed by atoms with Gasteiger partial charge >= 0.3 is 6.18 Å². The summed E-state index contributed by atoms with van der Waals surface area (Å²) in [6, 6.07) is 8.24. The van der Waals surface area contributed by atoms with E-state index in [1.165, 1.54) is 32.4 Å². The van der Waals surface area contributed by atoms with Crippen LogP contribution in [0.5, 0.6) is 5.75 Å². The number of nitrogens with zero attached hydrogens (tertiary/aromatic N) is 2. The Bertz CT molecular complexity index is 810. The van der Waals surface area contributed by atoms with Gasteiger partial charge in [-0.1, -0.05) is 6.42 Å². The Kier molecular flexibility index (Phi) is 6.78. The minimum atomic E-state index is -4.49. The molecule has 0 unspecified atom stereocenters. The summed E-state index contributed by atoms with van der Waals surface area (Å²) in [4.78, 5) is 14.4. The molecule has 1 aliphatic heterocycles. The van der Waals surface area contributed by atoms with E-state index in [1.54, 1.807) is 24.3 Å². The van der Waals surface area contributed by atoms with Crippen LogP contribution >= 0.6 is 0 Å². The van der Waals surface area contributed by atoms with Crippen molar-refractivity contribution < 1.29 is 17.9 Å². The molecule has 3 rings (SSSR count). The number of halogens is 3. The second-order valence-electron chi connectivity index (χ2n) is 7.08. The van der Waals surface area contributed by atoms with Crippen LogP contribution in [0.3, 0.4) is 0 Å². The van der Waals surface area contributed by atoms with Gasteiger partial charge in [-0.05, 0) is 75.6 Å². The predicted octanol–water partition coefficient (Wildman–Crippen LogP) is 4.50. The lowest BCUT2D eigenvalue weighted by Crippen LogP contribution is -2.30. The minimum Gasteiger partial charge on any atom is -0.494 e. The molecule has 0 radical (unpaired) electrons. The van der Waals surface area contributed by atoms with Crippen LogP contribution in [0.15, 0.2) is 47.4 Å². The topological polar surface area (TPSA) is 34.5 Å². The van der Waals surface area contributed by atoms with Crippen molar-refractivity contribution in [2.45, 2.75) is 38.3 Å². The average molecular weight is 394 g/mol. The van der Waals surface area contributed by atoms with Crippen molar-refractivity contribution in [3.63, 3.8) is 0 Å². The number of benzene rings is 1. The summed E-state index contributed by atoms with van der Waals surface area (Å²) in [7, 11) is 0. The number of hydrogen-bond donors (Lipinski definition) is 0. The molecular formula is C21H25F3N2O2. The quantitative estimate of drug-likeness (QED) is 0.649. The molecule has 1 aliphatic rings. The second-order valence-corrected chi connectivity index (χ2v) is 7.08. The highest BCUT2D eigenvalue weighted by Crippen LogP contribution is 2.28. The molecule has 0 saturated carbocycles. The summed E-state index contributed by atoms with van der Waals surface area (Å²) < 4.78 is 45.3. The molecule has 1 saturated heterocycles. The number of likely N-dealkylation sites (tertiary alicyclic amines) is 1. The molecule has 0 atom stereocenters. The highest BCUT2D eigenvalue weighted by atomic mass is 19.4. The van der Waals surface area contributed by atoms with Gasteiger partial charge < -0.3 is 9.64 Å². The Hall–Kier alpha value is -2.28. The number of alkyl halides is 3. The third-order valence-electron chi connectivity index (χ3n) is 4.94. The van der Waals surface area contributed by atoms with E-state index in [2.05, 4.69) is 4.90 Å². The third-order valence-corrected chi connectivity index (χ3v) is 4.94. The minimum absolute atomic E-state index is 0.369. The van der Waals surface area contributed by atoms with E-state index >= 15 is 0 Å². The van der Waals surface area contributed by atoms with Gasteiger partial charge in [0.05, 0.1) is 12.2 Å². The lowest BCUT2D eigenvalue weighted by molar-refractivity contribution is -0.138. The number of aromatic nitrogens is 1. The van der Waals surface area contributed by atoms with Crippen LogP contribution < -0.4 is 10.3 Å². The van der Waals surface area contributed by atoms with Gasteiger partial charge in [0.25, 0.3) is 5.56 Å². The van der Waals surface area contributed by atoms with Crippen molar-refractivity contribution in [1.82, 2.24) is 9.47 Å². The molecule has 152 valence electrons. The smallest absolute Gasteiger partial charge is 0.417 e. The number of unbranched alkanes of at least 4 members (excludes halogenated alkanes) is 1. The summed E-state index contributed by atoms with van der Waals surface area (Å²) in [6.07, 6.45) is 2.27. The Balaban J connectivity index is 1.52. The van der Waals surface area contributed by atoms with Crippen molar-refractivity contribution in [2.24, 2.45) is 0 Å². The van der Waals surface area contributed by atoms with Crippen molar-refractivity contribution in [1.29, 1.82) is 0 Å². The van der Waals surface area contributed by atoms with Crippen LogP contribution in [0.2, 0.25) is 0 Å². The molecule has 1 aromatic carbocycles. The van der Waals surface area contributed by atoms with Gasteiger partial charge in [0, 0.05) is 18.0 Å². The Labute approximate surface area is 162 Å². The van der Waals surface area contributed by atoms with Gasteiger partial charge in [-0.3, -0.25) is 9.36 Å². The van der Waals surface area contributed by atoms with E-state index in [0.29, 0.717) is 18.0 Å². The van der Waals surface area contributed by atoms with Gasteiger partial charge in [0.1, 0.15) is 5.75 Å². The molecule has 2 aromatic rings. The Morgan fingerprint density at radius 1 is 0.929 bits per heavy atom. The summed E-state index contributed by atoms with van der Waals surface area (Å²) in [6.45, 7) is 4.08. The summed E-state index contributed by atoms with van der Waals surface area (Å²) >= 11 is 0. The van der Waals surface area contributed by atoms with E-state index in [4.69, 9.17) is 4.74 Å². The predicted molar refractivity (Wildman–Crippen MR) is 102 cm³/mol. The molecule has 28 heavy (non-hydrogen) atoms. The Morgan fingerprint density at radius 3 is 2.32 bits per heavy atom. The van der Waals surface area contributed by atoms with Gasteiger partial charge in [0.15, 0.2) is 0 Å². The number of pyridine rings is 1. The molecule has 1 aromatic heterocycles. The zero-order valence-electron chi connectivity index (χ0n) is 15.8. The van der Waals surface area contributed by atoms with E-state index in [0.717, 1.165) is 42.3 Å². The SMILES string of the molecule is O=c1ccc(C(F)(F)F)cn1-c1ccc(OCCCCN2CCCCC2)cc1. The normalized spacial score (nSPS) is 15.5. The maximum Gasteiger partial charge on any atom is 0.417 e. The first kappa shape index (κ1) is 20.5. The lowest BCUT2D eigenvalue weighted by Gasteiger charge is -2.26. The van der Waals surface area contributed by atoms with Crippen molar-refractivity contribution >= 4 is 0 Å². The van der Waals surface area contributed by atoms with Crippen molar-refractivity contribution in [3.05, 3.63) is 58.5 Å². The zero-order valence-corrected chi connectivity index (χ0v) is 15.8. The van der Waals surface area contributed by atoms with E-state index < -0.39 is 17.3 Å². The van der Waals surface area contributed by atoms with Crippen LogP contribution in [0.25, 0.3) is 5.69 Å². The van der Waals surface area contributed by atoms with E-state index in [9.17, 15) is 18.0 Å². The highest BCUT2D eigenvalue weighted by molar-refractivity contribution is 5.38. The first-order valence-electron chi connectivity index (χ1n) is 9.69. The number of hydrogen-bond acceptors (Lipinski definition) is 3. The summed E-state index contributed by atoms with van der Waals surface area (Å²) in [5, 5.41) is 0. The first-order valence-corrected chi connectivity index (χ1v) is 9.69.